The molecule has 0 aliphatic rings. The molecule has 20 heavy (non-hydrogen) atoms. The van der Waals surface area contributed by atoms with Crippen LogP contribution in [0.2, 0.25) is 0 Å². The number of alkyl halides is 1. The molecule has 0 heterocycles. The molecule has 0 radical (unpaired) electrons. The number of hydrogen-bond donors (Lipinski definition) is 1. The summed E-state index contributed by atoms with van der Waals surface area (Å²) in [6.07, 6.45) is 0.967. The normalized spacial score (nSPS) is 12.3. The van der Waals surface area contributed by atoms with E-state index in [1.807, 2.05) is 6.07 Å². The summed E-state index contributed by atoms with van der Waals surface area (Å²) in [6, 6.07) is 17.4. The van der Waals surface area contributed by atoms with Crippen LogP contribution in [0.1, 0.15) is 22.3 Å². The monoisotopic (exact) mass is 287 g/mol. The van der Waals surface area contributed by atoms with Gasteiger partial charge >= 0.3 is 0 Å². The third kappa shape index (κ3) is 4.36. The summed E-state index contributed by atoms with van der Waals surface area (Å²) in [5.74, 6) is 0.625. The summed E-state index contributed by atoms with van der Waals surface area (Å²) in [4.78, 5) is 0. The Morgan fingerprint density at radius 1 is 0.950 bits per heavy atom. The van der Waals surface area contributed by atoms with Crippen LogP contribution >= 0.6 is 11.6 Å². The van der Waals surface area contributed by atoms with Gasteiger partial charge < -0.3 is 5.32 Å². The van der Waals surface area contributed by atoms with Crippen molar-refractivity contribution >= 4 is 11.6 Å². The molecule has 0 aliphatic carbocycles. The van der Waals surface area contributed by atoms with E-state index in [9.17, 15) is 0 Å². The van der Waals surface area contributed by atoms with Gasteiger partial charge in [0.05, 0.1) is 0 Å². The summed E-state index contributed by atoms with van der Waals surface area (Å²) in [7, 11) is 0. The van der Waals surface area contributed by atoms with Gasteiger partial charge in [-0.3, -0.25) is 0 Å². The van der Waals surface area contributed by atoms with Crippen LogP contribution in [0.15, 0.2) is 48.5 Å². The molecule has 2 aromatic carbocycles. The van der Waals surface area contributed by atoms with E-state index in [4.69, 9.17) is 11.6 Å². The molecule has 1 atom stereocenters. The number of hydrogen-bond acceptors (Lipinski definition) is 1. The van der Waals surface area contributed by atoms with Crippen LogP contribution in [0, 0.1) is 13.8 Å². The fourth-order valence-corrected chi connectivity index (χ4v) is 2.47. The fraction of sp³-hybridized carbons (Fsp3) is 0.333. The minimum atomic E-state index is 0.306. The highest BCUT2D eigenvalue weighted by Gasteiger charge is 2.08. The Labute approximate surface area is 127 Å². The second kappa shape index (κ2) is 7.47. The molecule has 1 N–H and O–H groups in total. The zero-order valence-electron chi connectivity index (χ0n) is 12.2. The van der Waals surface area contributed by atoms with Gasteiger partial charge in [-0.2, -0.15) is 0 Å². The zero-order valence-corrected chi connectivity index (χ0v) is 13.0. The lowest BCUT2D eigenvalue weighted by molar-refractivity contribution is 0.550. The quantitative estimate of drug-likeness (QED) is 0.784. The maximum absolute atomic E-state index is 6.08. The van der Waals surface area contributed by atoms with Gasteiger partial charge in [-0.15, -0.1) is 11.6 Å². The largest absolute Gasteiger partial charge is 0.308 e. The lowest BCUT2D eigenvalue weighted by Gasteiger charge is -2.16. The van der Waals surface area contributed by atoms with Crippen molar-refractivity contribution in [2.75, 3.05) is 5.88 Å². The Morgan fingerprint density at radius 3 is 2.35 bits per heavy atom. The van der Waals surface area contributed by atoms with Gasteiger partial charge in [0.1, 0.15) is 0 Å². The molecule has 1 unspecified atom stereocenters. The summed E-state index contributed by atoms with van der Waals surface area (Å²) >= 11 is 6.08. The number of aryl methyl sites for hydroxylation is 2. The van der Waals surface area contributed by atoms with E-state index in [0.29, 0.717) is 11.9 Å². The molecule has 0 amide bonds. The first-order valence-corrected chi connectivity index (χ1v) is 7.62. The van der Waals surface area contributed by atoms with Crippen molar-refractivity contribution in [1.29, 1.82) is 0 Å². The van der Waals surface area contributed by atoms with Crippen molar-refractivity contribution in [3.8, 4) is 0 Å². The molecule has 0 saturated heterocycles. The van der Waals surface area contributed by atoms with Crippen LogP contribution < -0.4 is 5.32 Å². The molecule has 0 aliphatic heterocycles. The zero-order chi connectivity index (χ0) is 14.4. The Hall–Kier alpha value is -1.31. The third-order valence-corrected chi connectivity index (χ3v) is 4.05. The first-order valence-electron chi connectivity index (χ1n) is 7.08. The molecule has 0 aromatic heterocycles. The van der Waals surface area contributed by atoms with E-state index in [2.05, 4.69) is 61.6 Å². The summed E-state index contributed by atoms with van der Waals surface area (Å²) in [5.41, 5.74) is 5.32. The van der Waals surface area contributed by atoms with Crippen molar-refractivity contribution in [3.63, 3.8) is 0 Å². The van der Waals surface area contributed by atoms with Gasteiger partial charge in [-0.1, -0.05) is 48.5 Å². The van der Waals surface area contributed by atoms with Crippen LogP contribution in [0.4, 0.5) is 0 Å². The molecule has 0 spiro atoms. The number of rotatable bonds is 6. The first-order chi connectivity index (χ1) is 9.69. The van der Waals surface area contributed by atoms with Gasteiger partial charge in [-0.05, 0) is 42.5 Å². The Balaban J connectivity index is 1.92. The number of benzene rings is 2. The number of halogens is 1. The maximum Gasteiger partial charge on any atom is 0.0380 e. The molecular weight excluding hydrogens is 266 g/mol. The third-order valence-electron chi connectivity index (χ3n) is 3.68. The summed E-state index contributed by atoms with van der Waals surface area (Å²) < 4.78 is 0. The smallest absolute Gasteiger partial charge is 0.0380 e. The highest BCUT2D eigenvalue weighted by Crippen LogP contribution is 2.11. The Morgan fingerprint density at radius 2 is 1.70 bits per heavy atom. The topological polar surface area (TPSA) is 12.0 Å². The molecule has 0 bridgehead atoms. The maximum atomic E-state index is 6.08. The molecule has 2 aromatic rings. The predicted molar refractivity (Wildman–Crippen MR) is 87.4 cm³/mol. The lowest BCUT2D eigenvalue weighted by atomic mass is 10.0. The van der Waals surface area contributed by atoms with E-state index >= 15 is 0 Å². The van der Waals surface area contributed by atoms with E-state index < -0.39 is 0 Å². The average Bonchev–Trinajstić information content (AvgIpc) is 2.48. The molecule has 2 heteroatoms. The predicted octanol–water partition coefficient (Wildman–Crippen LogP) is 4.24. The number of nitrogens with one attached hydrogen (secondary N) is 1. The minimum absolute atomic E-state index is 0.306. The van der Waals surface area contributed by atoms with Crippen molar-refractivity contribution in [1.82, 2.24) is 5.32 Å². The standard InChI is InChI=1S/C18H22ClN/c1-14-8-9-17(10-15(14)2)13-20-18(12-19)11-16-6-4-3-5-7-16/h3-10,18,20H,11-13H2,1-2H3. The van der Waals surface area contributed by atoms with E-state index in [-0.39, 0.29) is 0 Å². The molecule has 0 saturated carbocycles. The van der Waals surface area contributed by atoms with Crippen molar-refractivity contribution in [2.24, 2.45) is 0 Å². The van der Waals surface area contributed by atoms with Gasteiger partial charge in [0, 0.05) is 18.5 Å². The molecule has 106 valence electrons. The SMILES string of the molecule is Cc1ccc(CNC(CCl)Cc2ccccc2)cc1C. The highest BCUT2D eigenvalue weighted by atomic mass is 35.5. The molecule has 1 nitrogen and oxygen atoms in total. The van der Waals surface area contributed by atoms with Gasteiger partial charge in [0.2, 0.25) is 0 Å². The van der Waals surface area contributed by atoms with E-state index in [1.54, 1.807) is 0 Å². The van der Waals surface area contributed by atoms with Crippen molar-refractivity contribution in [3.05, 3.63) is 70.8 Å². The fourth-order valence-electron chi connectivity index (χ4n) is 2.26. The van der Waals surface area contributed by atoms with Crippen molar-refractivity contribution < 1.29 is 0 Å². The Kier molecular flexibility index (Phi) is 5.63. The minimum Gasteiger partial charge on any atom is -0.308 e. The van der Waals surface area contributed by atoms with Crippen molar-refractivity contribution in [2.45, 2.75) is 32.9 Å². The lowest BCUT2D eigenvalue weighted by Crippen LogP contribution is -2.32. The summed E-state index contributed by atoms with van der Waals surface area (Å²) in [5, 5.41) is 3.55. The van der Waals surface area contributed by atoms with Crippen LogP contribution in [0.25, 0.3) is 0 Å². The first kappa shape index (κ1) is 15.1. The second-order valence-corrected chi connectivity index (χ2v) is 5.65. The van der Waals surface area contributed by atoms with Crippen LogP contribution in [-0.4, -0.2) is 11.9 Å². The second-order valence-electron chi connectivity index (χ2n) is 5.34. The van der Waals surface area contributed by atoms with Crippen LogP contribution in [0.3, 0.4) is 0 Å². The van der Waals surface area contributed by atoms with E-state index in [0.717, 1.165) is 13.0 Å². The van der Waals surface area contributed by atoms with Gasteiger partial charge in [0.25, 0.3) is 0 Å². The van der Waals surface area contributed by atoms with Gasteiger partial charge in [-0.25, -0.2) is 0 Å². The average molecular weight is 288 g/mol. The van der Waals surface area contributed by atoms with E-state index in [1.165, 1.54) is 22.3 Å². The van der Waals surface area contributed by atoms with Crippen LogP contribution in [-0.2, 0) is 13.0 Å². The molecule has 2 rings (SSSR count). The molecule has 0 fully saturated rings. The highest BCUT2D eigenvalue weighted by molar-refractivity contribution is 6.18. The van der Waals surface area contributed by atoms with Crippen LogP contribution in [0.5, 0.6) is 0 Å². The Bertz CT molecular complexity index is 536. The van der Waals surface area contributed by atoms with Gasteiger partial charge in [0.15, 0.2) is 0 Å². The summed E-state index contributed by atoms with van der Waals surface area (Å²) in [6.45, 7) is 5.16. The molecular formula is C18H22ClN.